The van der Waals surface area contributed by atoms with Crippen LogP contribution in [-0.4, -0.2) is 38.9 Å². The Labute approximate surface area is 131 Å². The van der Waals surface area contributed by atoms with E-state index in [1.165, 1.54) is 12.1 Å². The Kier molecular flexibility index (Phi) is 4.89. The van der Waals surface area contributed by atoms with E-state index in [9.17, 15) is 8.42 Å². The summed E-state index contributed by atoms with van der Waals surface area (Å²) in [4.78, 5) is 0.279. The predicted octanol–water partition coefficient (Wildman–Crippen LogP) is 1.21. The molecule has 114 valence electrons. The predicted molar refractivity (Wildman–Crippen MR) is 81.6 cm³/mol. The van der Waals surface area contributed by atoms with Crippen molar-refractivity contribution in [2.75, 3.05) is 26.2 Å². The second-order valence-electron chi connectivity index (χ2n) is 5.47. The third kappa shape index (κ3) is 3.06. The first-order valence-electron chi connectivity index (χ1n) is 6.82. The molecule has 2 aliphatic rings. The summed E-state index contributed by atoms with van der Waals surface area (Å²) in [5.74, 6) is 1.04. The van der Waals surface area contributed by atoms with E-state index in [4.69, 9.17) is 5.26 Å². The van der Waals surface area contributed by atoms with Crippen LogP contribution in [0.15, 0.2) is 29.2 Å². The first kappa shape index (κ1) is 16.2. The quantitative estimate of drug-likeness (QED) is 0.886. The maximum Gasteiger partial charge on any atom is 0.243 e. The number of piperidine rings is 1. The van der Waals surface area contributed by atoms with Gasteiger partial charge in [-0.05, 0) is 55.6 Å². The highest BCUT2D eigenvalue weighted by atomic mass is 35.5. The van der Waals surface area contributed by atoms with Crippen LogP contribution in [0.3, 0.4) is 0 Å². The molecular formula is C14H18ClN3O2S. The Bertz CT molecular complexity index is 639. The molecule has 1 aromatic carbocycles. The maximum atomic E-state index is 12.6. The van der Waals surface area contributed by atoms with E-state index < -0.39 is 10.0 Å². The van der Waals surface area contributed by atoms with Crippen LogP contribution in [0, 0.1) is 23.2 Å². The maximum absolute atomic E-state index is 12.6. The Morgan fingerprint density at radius 2 is 1.86 bits per heavy atom. The zero-order chi connectivity index (χ0) is 14.2. The molecule has 0 radical (unpaired) electrons. The van der Waals surface area contributed by atoms with Crippen LogP contribution in [0.5, 0.6) is 0 Å². The van der Waals surface area contributed by atoms with Gasteiger partial charge in [-0.25, -0.2) is 8.42 Å². The first-order chi connectivity index (χ1) is 9.61. The van der Waals surface area contributed by atoms with E-state index in [1.54, 1.807) is 16.4 Å². The number of nitrogens with one attached hydrogen (secondary N) is 1. The standard InChI is InChI=1S/C14H17N3O2S.ClH/c15-7-11-1-3-14(4-2-11)20(18,19)17-6-5-12-8-16-9-13(12)10-17;/h1-4,12-13,16H,5-6,8-10H2;1H. The largest absolute Gasteiger partial charge is 0.316 e. The van der Waals surface area contributed by atoms with Crippen molar-refractivity contribution < 1.29 is 8.42 Å². The highest BCUT2D eigenvalue weighted by Gasteiger charge is 2.37. The molecule has 5 nitrogen and oxygen atoms in total. The summed E-state index contributed by atoms with van der Waals surface area (Å²) in [7, 11) is -3.43. The normalized spacial score (nSPS) is 25.7. The fourth-order valence-electron chi connectivity index (χ4n) is 3.07. The summed E-state index contributed by atoms with van der Waals surface area (Å²) in [5, 5.41) is 12.1. The SMILES string of the molecule is Cl.N#Cc1ccc(S(=O)(=O)N2CCC3CNCC3C2)cc1. The summed E-state index contributed by atoms with van der Waals surface area (Å²) in [6, 6.07) is 8.14. The molecule has 7 heteroatoms. The number of fused-ring (bicyclic) bond motifs is 1. The van der Waals surface area contributed by atoms with Crippen molar-refractivity contribution in [3.05, 3.63) is 29.8 Å². The molecule has 2 aliphatic heterocycles. The third-order valence-corrected chi connectivity index (χ3v) is 6.17. The van der Waals surface area contributed by atoms with Crippen LogP contribution < -0.4 is 5.32 Å². The Morgan fingerprint density at radius 1 is 1.19 bits per heavy atom. The molecule has 2 atom stereocenters. The highest BCUT2D eigenvalue weighted by Crippen LogP contribution is 2.30. The molecule has 1 N–H and O–H groups in total. The van der Waals surface area contributed by atoms with Crippen LogP contribution in [-0.2, 0) is 10.0 Å². The van der Waals surface area contributed by atoms with Gasteiger partial charge < -0.3 is 5.32 Å². The van der Waals surface area contributed by atoms with Crippen molar-refractivity contribution in [3.8, 4) is 6.07 Å². The summed E-state index contributed by atoms with van der Waals surface area (Å²) in [5.41, 5.74) is 0.475. The van der Waals surface area contributed by atoms with E-state index in [2.05, 4.69) is 5.32 Å². The lowest BCUT2D eigenvalue weighted by atomic mass is 9.90. The molecule has 2 heterocycles. The number of nitrogens with zero attached hydrogens (tertiary/aromatic N) is 2. The van der Waals surface area contributed by atoms with E-state index in [0.29, 0.717) is 30.5 Å². The van der Waals surface area contributed by atoms with E-state index >= 15 is 0 Å². The lowest BCUT2D eigenvalue weighted by molar-refractivity contribution is 0.228. The Hall–Kier alpha value is -1.13. The van der Waals surface area contributed by atoms with Gasteiger partial charge in [-0.2, -0.15) is 9.57 Å². The number of nitriles is 1. The topological polar surface area (TPSA) is 73.2 Å². The van der Waals surface area contributed by atoms with Crippen molar-refractivity contribution in [1.82, 2.24) is 9.62 Å². The smallest absolute Gasteiger partial charge is 0.243 e. The molecule has 0 amide bonds. The number of sulfonamides is 1. The van der Waals surface area contributed by atoms with Gasteiger partial charge in [0.25, 0.3) is 0 Å². The second-order valence-corrected chi connectivity index (χ2v) is 7.40. The number of hydrogen-bond donors (Lipinski definition) is 1. The van der Waals surface area contributed by atoms with Gasteiger partial charge in [-0.1, -0.05) is 0 Å². The lowest BCUT2D eigenvalue weighted by Gasteiger charge is -2.33. The van der Waals surface area contributed by atoms with Crippen molar-refractivity contribution in [3.63, 3.8) is 0 Å². The first-order valence-corrected chi connectivity index (χ1v) is 8.26. The molecule has 21 heavy (non-hydrogen) atoms. The van der Waals surface area contributed by atoms with E-state index in [1.807, 2.05) is 6.07 Å². The van der Waals surface area contributed by atoms with Gasteiger partial charge in [-0.3, -0.25) is 0 Å². The van der Waals surface area contributed by atoms with Gasteiger partial charge >= 0.3 is 0 Å². The molecule has 0 aromatic heterocycles. The molecule has 0 saturated carbocycles. The summed E-state index contributed by atoms with van der Waals surface area (Å²) >= 11 is 0. The van der Waals surface area contributed by atoms with Crippen molar-refractivity contribution in [1.29, 1.82) is 5.26 Å². The molecular weight excluding hydrogens is 310 g/mol. The number of halogens is 1. The van der Waals surface area contributed by atoms with Crippen molar-refractivity contribution >= 4 is 22.4 Å². The third-order valence-electron chi connectivity index (χ3n) is 4.29. The van der Waals surface area contributed by atoms with Crippen molar-refractivity contribution in [2.24, 2.45) is 11.8 Å². The molecule has 2 unspecified atom stereocenters. The fourth-order valence-corrected chi connectivity index (χ4v) is 4.58. The average molecular weight is 328 g/mol. The summed E-state index contributed by atoms with van der Waals surface area (Å²) in [6.45, 7) is 3.10. The van der Waals surface area contributed by atoms with Crippen LogP contribution in [0.25, 0.3) is 0 Å². The van der Waals surface area contributed by atoms with Crippen molar-refractivity contribution in [2.45, 2.75) is 11.3 Å². The number of benzene rings is 1. The average Bonchev–Trinajstić information content (AvgIpc) is 2.94. The number of rotatable bonds is 2. The van der Waals surface area contributed by atoms with Gasteiger partial charge in [0.1, 0.15) is 0 Å². The van der Waals surface area contributed by atoms with E-state index in [-0.39, 0.29) is 17.3 Å². The second kappa shape index (κ2) is 6.32. The van der Waals surface area contributed by atoms with Gasteiger partial charge in [0, 0.05) is 13.1 Å². The highest BCUT2D eigenvalue weighted by molar-refractivity contribution is 7.89. The monoisotopic (exact) mass is 327 g/mol. The van der Waals surface area contributed by atoms with Gasteiger partial charge in [0.2, 0.25) is 10.0 Å². The molecule has 1 aromatic rings. The number of hydrogen-bond acceptors (Lipinski definition) is 4. The van der Waals surface area contributed by atoms with Crippen LogP contribution in [0.4, 0.5) is 0 Å². The molecule has 2 saturated heterocycles. The zero-order valence-corrected chi connectivity index (χ0v) is 13.2. The zero-order valence-electron chi connectivity index (χ0n) is 11.5. The van der Waals surface area contributed by atoms with E-state index in [0.717, 1.165) is 19.5 Å². The molecule has 0 spiro atoms. The fraction of sp³-hybridized carbons (Fsp3) is 0.500. The summed E-state index contributed by atoms with van der Waals surface area (Å²) in [6.07, 6.45) is 0.924. The minimum Gasteiger partial charge on any atom is -0.316 e. The molecule has 0 aliphatic carbocycles. The molecule has 3 rings (SSSR count). The Morgan fingerprint density at radius 3 is 2.52 bits per heavy atom. The van der Waals surface area contributed by atoms with Crippen LogP contribution >= 0.6 is 12.4 Å². The van der Waals surface area contributed by atoms with Crippen LogP contribution in [0.1, 0.15) is 12.0 Å². The van der Waals surface area contributed by atoms with Gasteiger partial charge in [0.05, 0.1) is 16.5 Å². The molecule has 0 bridgehead atoms. The Balaban J connectivity index is 0.00000161. The molecule has 2 fully saturated rings. The van der Waals surface area contributed by atoms with Crippen LogP contribution in [0.2, 0.25) is 0 Å². The minimum atomic E-state index is -3.43. The van der Waals surface area contributed by atoms with Gasteiger partial charge in [-0.15, -0.1) is 12.4 Å². The van der Waals surface area contributed by atoms with Gasteiger partial charge in [0.15, 0.2) is 0 Å². The minimum absolute atomic E-state index is 0. The lowest BCUT2D eigenvalue weighted by Crippen LogP contribution is -2.43. The summed E-state index contributed by atoms with van der Waals surface area (Å²) < 4.78 is 26.8.